The van der Waals surface area contributed by atoms with Gasteiger partial charge in [-0.3, -0.25) is 4.79 Å². The molecule has 0 saturated carbocycles. The van der Waals surface area contributed by atoms with Gasteiger partial charge in [-0.05, 0) is 44.1 Å². The van der Waals surface area contributed by atoms with Gasteiger partial charge < -0.3 is 30.0 Å². The molecule has 5 rings (SSSR count). The predicted octanol–water partition coefficient (Wildman–Crippen LogP) is 0.865. The average Bonchev–Trinajstić information content (AvgIpc) is 3.02. The molecule has 2 aliphatic carbocycles. The molecule has 4 atom stereocenters. The Labute approximate surface area is 164 Å². The topological polar surface area (TPSA) is 94.2 Å². The largest absolute Gasteiger partial charge is 0.493 e. The minimum Gasteiger partial charge on any atom is -0.493 e. The molecule has 4 aliphatic rings. The van der Waals surface area contributed by atoms with Gasteiger partial charge in [-0.1, -0.05) is 6.07 Å². The van der Waals surface area contributed by atoms with E-state index in [1.54, 1.807) is 7.11 Å². The maximum absolute atomic E-state index is 12.2. The van der Waals surface area contributed by atoms with E-state index in [0.29, 0.717) is 23.7 Å². The summed E-state index contributed by atoms with van der Waals surface area (Å²) in [6.07, 6.45) is 3.33. The monoisotopic (exact) mass is 386 g/mol. The van der Waals surface area contributed by atoms with Crippen molar-refractivity contribution in [2.75, 3.05) is 27.2 Å². The third kappa shape index (κ3) is 2.02. The number of hydrogen-bond acceptors (Lipinski definition) is 7. The number of nitrogens with zero attached hydrogens (tertiary/aromatic N) is 1. The minimum atomic E-state index is -0.987. The smallest absolute Gasteiger partial charge is 0.312 e. The lowest BCUT2D eigenvalue weighted by atomic mass is 9.50. The Kier molecular flexibility index (Phi) is 3.82. The summed E-state index contributed by atoms with van der Waals surface area (Å²) in [5.41, 5.74) is 6.08. The number of rotatable bonds is 4. The van der Waals surface area contributed by atoms with Gasteiger partial charge >= 0.3 is 5.97 Å². The second-order valence-electron chi connectivity index (χ2n) is 8.30. The minimum absolute atomic E-state index is 0.0169. The van der Waals surface area contributed by atoms with Gasteiger partial charge in [0.1, 0.15) is 5.76 Å². The van der Waals surface area contributed by atoms with Crippen molar-refractivity contribution < 1.29 is 24.1 Å². The Morgan fingerprint density at radius 2 is 2.29 bits per heavy atom. The Balaban J connectivity index is 1.70. The van der Waals surface area contributed by atoms with Gasteiger partial charge in [0.2, 0.25) is 0 Å². The van der Waals surface area contributed by atoms with E-state index in [1.807, 2.05) is 12.1 Å². The molecule has 0 amide bonds. The molecule has 1 fully saturated rings. The molecule has 7 nitrogen and oxygen atoms in total. The highest BCUT2D eigenvalue weighted by molar-refractivity contribution is 5.72. The zero-order valence-corrected chi connectivity index (χ0v) is 16.2. The SMILES string of the molecule is COc1ccc2c3c1OC1C(OC(=O)CCN)=CCC4(O)C(C2)N(C)CCC314. The maximum Gasteiger partial charge on any atom is 0.312 e. The van der Waals surface area contributed by atoms with E-state index in [1.165, 1.54) is 5.56 Å². The van der Waals surface area contributed by atoms with E-state index in [9.17, 15) is 9.90 Å². The number of likely N-dealkylation sites (N-methyl/N-ethyl adjacent to an activating group) is 1. The van der Waals surface area contributed by atoms with Gasteiger partial charge in [-0.15, -0.1) is 0 Å². The van der Waals surface area contributed by atoms with E-state index >= 15 is 0 Å². The van der Waals surface area contributed by atoms with Crippen molar-refractivity contribution in [1.29, 1.82) is 0 Å². The quantitative estimate of drug-likeness (QED) is 0.742. The standard InChI is InChI=1S/C21H26N2O5/c1-23-10-8-20-17-12-3-4-13(26-2)18(17)28-19(20)14(27-16(24)6-9-22)5-7-21(20,25)15(23)11-12/h3-5,15,19,25H,6-11,22H2,1-2H3. The summed E-state index contributed by atoms with van der Waals surface area (Å²) in [6, 6.07) is 3.98. The third-order valence-electron chi connectivity index (χ3n) is 7.14. The first-order valence-corrected chi connectivity index (χ1v) is 9.86. The van der Waals surface area contributed by atoms with Crippen molar-refractivity contribution >= 4 is 5.97 Å². The number of methoxy groups -OCH3 is 1. The summed E-state index contributed by atoms with van der Waals surface area (Å²) < 4.78 is 17.6. The molecular weight excluding hydrogens is 360 g/mol. The molecule has 28 heavy (non-hydrogen) atoms. The molecule has 4 unspecified atom stereocenters. The summed E-state index contributed by atoms with van der Waals surface area (Å²) >= 11 is 0. The van der Waals surface area contributed by atoms with Crippen molar-refractivity contribution in [1.82, 2.24) is 4.90 Å². The Bertz CT molecular complexity index is 884. The molecule has 1 aromatic carbocycles. The number of piperidine rings is 1. The first-order valence-electron chi connectivity index (χ1n) is 9.86. The number of nitrogens with two attached hydrogens (primary N) is 1. The van der Waals surface area contributed by atoms with Crippen molar-refractivity contribution in [3.8, 4) is 11.5 Å². The molecule has 0 aromatic heterocycles. The summed E-state index contributed by atoms with van der Waals surface area (Å²) in [5, 5.41) is 12.0. The third-order valence-corrected chi connectivity index (χ3v) is 7.14. The first-order chi connectivity index (χ1) is 13.5. The number of esters is 1. The van der Waals surface area contributed by atoms with Gasteiger partial charge in [0.25, 0.3) is 0 Å². The molecule has 7 heteroatoms. The van der Waals surface area contributed by atoms with Crippen molar-refractivity contribution in [3.05, 3.63) is 35.1 Å². The van der Waals surface area contributed by atoms with E-state index in [4.69, 9.17) is 19.9 Å². The fraction of sp³-hybridized carbons (Fsp3) is 0.571. The molecule has 2 aliphatic heterocycles. The Morgan fingerprint density at radius 1 is 1.46 bits per heavy atom. The van der Waals surface area contributed by atoms with Gasteiger partial charge in [-0.2, -0.15) is 0 Å². The van der Waals surface area contributed by atoms with Crippen molar-refractivity contribution in [2.24, 2.45) is 5.73 Å². The van der Waals surface area contributed by atoms with Gasteiger partial charge in [-0.25, -0.2) is 0 Å². The zero-order valence-electron chi connectivity index (χ0n) is 16.2. The molecule has 1 spiro atoms. The Morgan fingerprint density at radius 3 is 3.04 bits per heavy atom. The van der Waals surface area contributed by atoms with Crippen LogP contribution in [0.3, 0.4) is 0 Å². The fourth-order valence-electron chi connectivity index (χ4n) is 5.89. The fourth-order valence-corrected chi connectivity index (χ4v) is 5.89. The van der Waals surface area contributed by atoms with Crippen LogP contribution in [-0.4, -0.2) is 61.0 Å². The maximum atomic E-state index is 12.2. The molecule has 1 saturated heterocycles. The van der Waals surface area contributed by atoms with Crippen LogP contribution >= 0.6 is 0 Å². The summed E-state index contributed by atoms with van der Waals surface area (Å²) in [6.45, 7) is 1.07. The normalized spacial score (nSPS) is 34.9. The number of ether oxygens (including phenoxy) is 3. The highest BCUT2D eigenvalue weighted by Gasteiger charge is 2.72. The molecule has 2 heterocycles. The van der Waals surface area contributed by atoms with E-state index in [2.05, 4.69) is 18.0 Å². The average molecular weight is 386 g/mol. The number of likely N-dealkylation sites (tertiary alicyclic amines) is 1. The van der Waals surface area contributed by atoms with E-state index in [0.717, 1.165) is 24.9 Å². The number of carbonyl (C=O) groups is 1. The molecule has 150 valence electrons. The number of benzene rings is 1. The zero-order chi connectivity index (χ0) is 19.7. The van der Waals surface area contributed by atoms with Gasteiger partial charge in [0.15, 0.2) is 17.6 Å². The molecule has 2 bridgehead atoms. The number of carbonyl (C=O) groups excluding carboxylic acids is 1. The highest BCUT2D eigenvalue weighted by atomic mass is 16.6. The van der Waals surface area contributed by atoms with Crippen LogP contribution in [0.25, 0.3) is 0 Å². The molecule has 1 aromatic rings. The second-order valence-corrected chi connectivity index (χ2v) is 8.30. The Hall–Kier alpha value is -2.09. The first kappa shape index (κ1) is 18.0. The summed E-state index contributed by atoms with van der Waals surface area (Å²) in [4.78, 5) is 14.4. The lowest BCUT2D eigenvalue weighted by Crippen LogP contribution is -2.74. The summed E-state index contributed by atoms with van der Waals surface area (Å²) in [7, 11) is 3.68. The molecular formula is C21H26N2O5. The van der Waals surface area contributed by atoms with E-state index in [-0.39, 0.29) is 25.0 Å². The predicted molar refractivity (Wildman–Crippen MR) is 101 cm³/mol. The van der Waals surface area contributed by atoms with Crippen molar-refractivity contribution in [2.45, 2.75) is 48.8 Å². The van der Waals surface area contributed by atoms with Crippen LogP contribution in [0.5, 0.6) is 11.5 Å². The number of aliphatic hydroxyl groups is 1. The highest BCUT2D eigenvalue weighted by Crippen LogP contribution is 2.65. The van der Waals surface area contributed by atoms with Crippen molar-refractivity contribution in [3.63, 3.8) is 0 Å². The lowest BCUT2D eigenvalue weighted by Gasteiger charge is -2.61. The van der Waals surface area contributed by atoms with Crippen LogP contribution in [0.2, 0.25) is 0 Å². The molecule has 3 N–H and O–H groups in total. The van der Waals surface area contributed by atoms with Gasteiger partial charge in [0.05, 0.1) is 24.5 Å². The van der Waals surface area contributed by atoms with Crippen LogP contribution in [0.15, 0.2) is 24.0 Å². The van der Waals surface area contributed by atoms with Crippen LogP contribution in [0, 0.1) is 0 Å². The van der Waals surface area contributed by atoms with E-state index < -0.39 is 17.1 Å². The lowest BCUT2D eigenvalue weighted by molar-refractivity contribution is -0.169. The van der Waals surface area contributed by atoms with Crippen LogP contribution in [-0.2, 0) is 21.4 Å². The molecule has 0 radical (unpaired) electrons. The number of hydrogen-bond donors (Lipinski definition) is 2. The summed E-state index contributed by atoms with van der Waals surface area (Å²) in [5.74, 6) is 1.43. The van der Waals surface area contributed by atoms with Crippen LogP contribution in [0.4, 0.5) is 0 Å². The second kappa shape index (κ2) is 5.95. The van der Waals surface area contributed by atoms with Gasteiger partial charge in [0, 0.05) is 24.6 Å². The van der Waals surface area contributed by atoms with Crippen LogP contribution in [0.1, 0.15) is 30.4 Å². The van der Waals surface area contributed by atoms with Crippen LogP contribution < -0.4 is 15.2 Å².